The number of benzene rings is 2. The molecule has 1 fully saturated rings. The number of rotatable bonds is 6. The summed E-state index contributed by atoms with van der Waals surface area (Å²) in [5.74, 6) is -0.439. The lowest BCUT2D eigenvalue weighted by atomic mass is 10.2. The number of morpholine rings is 1. The minimum atomic E-state index is -3.82. The first kappa shape index (κ1) is 24.5. The van der Waals surface area contributed by atoms with E-state index in [1.54, 1.807) is 6.07 Å². The smallest absolute Gasteiger partial charge is 0.269 e. The maximum atomic E-state index is 13.1. The number of ether oxygens (including phenoxy) is 3. The Bertz CT molecular complexity index is 1100. The van der Waals surface area contributed by atoms with Gasteiger partial charge in [0.1, 0.15) is 11.5 Å². The Morgan fingerprint density at radius 1 is 0.909 bits per heavy atom. The average molecular weight is 478 g/mol. The highest BCUT2D eigenvalue weighted by atomic mass is 32.2. The summed E-state index contributed by atoms with van der Waals surface area (Å²) in [5, 5.41) is 0. The lowest BCUT2D eigenvalue weighted by Crippen LogP contribution is -2.48. The largest absolute Gasteiger partial charge is 0.497 e. The molecule has 2 N–H and O–H groups in total. The van der Waals surface area contributed by atoms with Gasteiger partial charge in [-0.15, -0.1) is 0 Å². The minimum absolute atomic E-state index is 0.0136. The number of hydrogen-bond acceptors (Lipinski definition) is 7. The Hall–Kier alpha value is -3.15. The molecule has 0 aromatic heterocycles. The van der Waals surface area contributed by atoms with Crippen LogP contribution in [0.15, 0.2) is 47.4 Å². The third-order valence-corrected chi connectivity index (χ3v) is 6.85. The lowest BCUT2D eigenvalue weighted by Gasteiger charge is -2.34. The van der Waals surface area contributed by atoms with Gasteiger partial charge in [-0.3, -0.25) is 20.4 Å². The van der Waals surface area contributed by atoms with Crippen LogP contribution < -0.4 is 20.3 Å². The Balaban J connectivity index is 1.72. The van der Waals surface area contributed by atoms with Crippen molar-refractivity contribution in [1.82, 2.24) is 15.2 Å². The molecular weight excluding hydrogens is 450 g/mol. The molecule has 11 heteroatoms. The zero-order valence-corrected chi connectivity index (χ0v) is 19.6. The van der Waals surface area contributed by atoms with Gasteiger partial charge in [-0.25, -0.2) is 8.42 Å². The van der Waals surface area contributed by atoms with Crippen molar-refractivity contribution < 1.29 is 32.2 Å². The summed E-state index contributed by atoms with van der Waals surface area (Å²) in [6, 6.07) is 10.2. The number of carbonyl (C=O) groups excluding carboxylic acids is 2. The van der Waals surface area contributed by atoms with E-state index in [-0.39, 0.29) is 41.3 Å². The van der Waals surface area contributed by atoms with Crippen LogP contribution in [0.25, 0.3) is 0 Å². The summed E-state index contributed by atoms with van der Waals surface area (Å²) in [6.45, 7) is 4.07. The molecule has 0 bridgehead atoms. The third-order valence-electron chi connectivity index (χ3n) is 5.02. The molecule has 2 unspecified atom stereocenters. The fourth-order valence-electron chi connectivity index (χ4n) is 3.47. The first-order chi connectivity index (χ1) is 15.6. The molecule has 2 aromatic carbocycles. The SMILES string of the molecule is COc1cc(OC)cc(C(=O)NNC(=O)c2cccc(S(=O)(=O)N3CC(C)OC(C)C3)c2)c1. The van der Waals surface area contributed by atoms with E-state index in [1.165, 1.54) is 54.9 Å². The van der Waals surface area contributed by atoms with Gasteiger partial charge in [-0.1, -0.05) is 6.07 Å². The van der Waals surface area contributed by atoms with Crippen molar-refractivity contribution >= 4 is 21.8 Å². The number of nitrogens with one attached hydrogen (secondary N) is 2. The number of carbonyl (C=O) groups is 2. The maximum absolute atomic E-state index is 13.1. The van der Waals surface area contributed by atoms with Gasteiger partial charge in [0, 0.05) is 30.3 Å². The summed E-state index contributed by atoms with van der Waals surface area (Å²) in [4.78, 5) is 25.0. The number of nitrogens with zero attached hydrogens (tertiary/aromatic N) is 1. The van der Waals surface area contributed by atoms with Crippen LogP contribution in [0.4, 0.5) is 0 Å². The van der Waals surface area contributed by atoms with E-state index in [0.29, 0.717) is 11.5 Å². The first-order valence-electron chi connectivity index (χ1n) is 10.2. The minimum Gasteiger partial charge on any atom is -0.497 e. The summed E-state index contributed by atoms with van der Waals surface area (Å²) in [7, 11) is -0.904. The van der Waals surface area contributed by atoms with Crippen molar-refractivity contribution in [3.05, 3.63) is 53.6 Å². The molecule has 1 heterocycles. The van der Waals surface area contributed by atoms with E-state index in [4.69, 9.17) is 14.2 Å². The molecule has 2 aromatic rings. The summed E-state index contributed by atoms with van der Waals surface area (Å²) < 4.78 is 43.4. The van der Waals surface area contributed by atoms with Gasteiger partial charge < -0.3 is 14.2 Å². The molecule has 1 aliphatic rings. The van der Waals surface area contributed by atoms with Crippen molar-refractivity contribution in [1.29, 1.82) is 0 Å². The van der Waals surface area contributed by atoms with Gasteiger partial charge >= 0.3 is 0 Å². The highest BCUT2D eigenvalue weighted by Crippen LogP contribution is 2.23. The molecule has 0 saturated carbocycles. The molecule has 3 rings (SSSR count). The van der Waals surface area contributed by atoms with E-state index >= 15 is 0 Å². The number of methoxy groups -OCH3 is 2. The predicted molar refractivity (Wildman–Crippen MR) is 120 cm³/mol. The predicted octanol–water partition coefficient (Wildman–Crippen LogP) is 1.58. The van der Waals surface area contributed by atoms with Gasteiger partial charge in [0.2, 0.25) is 10.0 Å². The number of amides is 2. The second kappa shape index (κ2) is 10.2. The molecule has 0 radical (unpaired) electrons. The van der Waals surface area contributed by atoms with Crippen molar-refractivity contribution in [3.63, 3.8) is 0 Å². The summed E-state index contributed by atoms with van der Waals surface area (Å²) >= 11 is 0. The van der Waals surface area contributed by atoms with Crippen LogP contribution in [0.3, 0.4) is 0 Å². The van der Waals surface area contributed by atoms with Crippen molar-refractivity contribution in [2.45, 2.75) is 31.0 Å². The molecule has 1 saturated heterocycles. The Labute approximate surface area is 192 Å². The molecule has 0 spiro atoms. The van der Waals surface area contributed by atoms with Gasteiger partial charge in [-0.2, -0.15) is 4.31 Å². The number of sulfonamides is 1. The van der Waals surface area contributed by atoms with Gasteiger partial charge in [0.05, 0.1) is 31.3 Å². The summed E-state index contributed by atoms with van der Waals surface area (Å²) in [5.41, 5.74) is 4.89. The maximum Gasteiger partial charge on any atom is 0.269 e. The Kier molecular flexibility index (Phi) is 7.57. The quantitative estimate of drug-likeness (QED) is 0.606. The lowest BCUT2D eigenvalue weighted by molar-refractivity contribution is -0.0440. The van der Waals surface area contributed by atoms with Crippen LogP contribution in [0.2, 0.25) is 0 Å². The standard InChI is InChI=1S/C22H27N3O7S/c1-14-12-25(13-15(2)32-14)33(28,29)20-7-5-6-16(10-20)21(26)23-24-22(27)17-8-18(30-3)11-19(9-17)31-4/h5-11,14-15H,12-13H2,1-4H3,(H,23,26)(H,24,27). The number of hydrazine groups is 1. The van der Waals surface area contributed by atoms with E-state index in [1.807, 2.05) is 13.8 Å². The van der Waals surface area contributed by atoms with Crippen molar-refractivity contribution in [2.75, 3.05) is 27.3 Å². The van der Waals surface area contributed by atoms with Crippen LogP contribution in [0.5, 0.6) is 11.5 Å². The monoisotopic (exact) mass is 477 g/mol. The second-order valence-electron chi connectivity index (χ2n) is 7.62. The van der Waals surface area contributed by atoms with Gasteiger partial charge in [-0.05, 0) is 44.2 Å². The summed E-state index contributed by atoms with van der Waals surface area (Å²) in [6.07, 6.45) is -0.471. The van der Waals surface area contributed by atoms with Crippen LogP contribution >= 0.6 is 0 Å². The van der Waals surface area contributed by atoms with E-state index < -0.39 is 21.8 Å². The van der Waals surface area contributed by atoms with E-state index in [2.05, 4.69) is 10.9 Å². The van der Waals surface area contributed by atoms with Crippen molar-refractivity contribution in [3.8, 4) is 11.5 Å². The molecule has 2 atom stereocenters. The molecule has 2 amide bonds. The van der Waals surface area contributed by atoms with Crippen LogP contribution in [0.1, 0.15) is 34.6 Å². The normalized spacial score (nSPS) is 18.9. The topological polar surface area (TPSA) is 123 Å². The van der Waals surface area contributed by atoms with Crippen molar-refractivity contribution in [2.24, 2.45) is 0 Å². The zero-order chi connectivity index (χ0) is 24.2. The molecule has 10 nitrogen and oxygen atoms in total. The van der Waals surface area contributed by atoms with E-state index in [9.17, 15) is 18.0 Å². The zero-order valence-electron chi connectivity index (χ0n) is 18.8. The molecule has 33 heavy (non-hydrogen) atoms. The van der Waals surface area contributed by atoms with Crippen LogP contribution in [-0.4, -0.2) is 64.1 Å². The fraction of sp³-hybridized carbons (Fsp3) is 0.364. The first-order valence-corrected chi connectivity index (χ1v) is 11.7. The van der Waals surface area contributed by atoms with Gasteiger partial charge in [0.25, 0.3) is 11.8 Å². The number of hydrogen-bond donors (Lipinski definition) is 2. The van der Waals surface area contributed by atoms with Crippen LogP contribution in [0, 0.1) is 0 Å². The highest BCUT2D eigenvalue weighted by molar-refractivity contribution is 7.89. The second-order valence-corrected chi connectivity index (χ2v) is 9.55. The average Bonchev–Trinajstić information content (AvgIpc) is 2.81. The molecule has 1 aliphatic heterocycles. The third kappa shape index (κ3) is 5.81. The van der Waals surface area contributed by atoms with Crippen LogP contribution in [-0.2, 0) is 14.8 Å². The van der Waals surface area contributed by atoms with Gasteiger partial charge in [0.15, 0.2) is 0 Å². The molecule has 0 aliphatic carbocycles. The Morgan fingerprint density at radius 3 is 2.00 bits per heavy atom. The molecule has 178 valence electrons. The Morgan fingerprint density at radius 2 is 1.45 bits per heavy atom. The fourth-order valence-corrected chi connectivity index (χ4v) is 5.11. The molecular formula is C22H27N3O7S. The van der Waals surface area contributed by atoms with E-state index in [0.717, 1.165) is 0 Å². The highest BCUT2D eigenvalue weighted by Gasteiger charge is 2.32.